The van der Waals surface area contributed by atoms with Crippen LogP contribution in [0, 0.1) is 76.8 Å². The van der Waals surface area contributed by atoms with Crippen molar-refractivity contribution >= 4 is 0 Å². The summed E-state index contributed by atoms with van der Waals surface area (Å²) in [5, 5.41) is 0. The molecule has 1 radical (unpaired) electrons. The van der Waals surface area contributed by atoms with Crippen LogP contribution >= 0.6 is 0 Å². The van der Waals surface area contributed by atoms with Gasteiger partial charge in [0.1, 0.15) is 0 Å². The molecule has 25 heavy (non-hydrogen) atoms. The second kappa shape index (κ2) is 13.9. The van der Waals surface area contributed by atoms with Crippen molar-refractivity contribution in [2.45, 2.75) is 60.8 Å². The third-order valence-electron chi connectivity index (χ3n) is 4.03. The van der Waals surface area contributed by atoms with Gasteiger partial charge in [0.05, 0.1) is 0 Å². The Morgan fingerprint density at radius 3 is 0.880 bits per heavy atom. The predicted molar refractivity (Wildman–Crippen MR) is 106 cm³/mol. The molecule has 0 aromatic rings. The van der Waals surface area contributed by atoms with Crippen LogP contribution in [0.15, 0.2) is 53.2 Å². The van der Waals surface area contributed by atoms with Gasteiger partial charge in [-0.3, -0.25) is 18.2 Å². The van der Waals surface area contributed by atoms with Crippen molar-refractivity contribution in [1.29, 1.82) is 0 Å². The Bertz CT molecular complexity index is 468. The summed E-state index contributed by atoms with van der Waals surface area (Å²) >= 11 is 0. The molecule has 0 unspecified atom stereocenters. The minimum Gasteiger partial charge on any atom is -0.269 e. The summed E-state index contributed by atoms with van der Waals surface area (Å²) in [6.07, 6.45) is 25.8. The Balaban J connectivity index is 0.000000339. The standard InChI is InChI=1S/3C8H11.Nd/c3*1-7(2)8-5-3-4-6-8;/h3*3,5,7H,4H2,1-2H3;/q3*-1;+3. The predicted octanol–water partition coefficient (Wildman–Crippen LogP) is 7.00. The molecule has 0 bridgehead atoms. The maximum Gasteiger partial charge on any atom is 3.00 e. The fourth-order valence-corrected chi connectivity index (χ4v) is 2.45. The van der Waals surface area contributed by atoms with Gasteiger partial charge in [-0.1, -0.05) is 59.3 Å². The molecule has 133 valence electrons. The Kier molecular flexibility index (Phi) is 13.8. The zero-order valence-electron chi connectivity index (χ0n) is 16.8. The van der Waals surface area contributed by atoms with Gasteiger partial charge in [0.25, 0.3) is 0 Å². The molecule has 0 aromatic carbocycles. The summed E-state index contributed by atoms with van der Waals surface area (Å²) < 4.78 is 0. The molecule has 0 aliphatic heterocycles. The third kappa shape index (κ3) is 10.5. The molecule has 0 heterocycles. The minimum atomic E-state index is 0. The maximum atomic E-state index is 3.26. The van der Waals surface area contributed by atoms with Gasteiger partial charge in [0.2, 0.25) is 0 Å². The van der Waals surface area contributed by atoms with Crippen molar-refractivity contribution in [3.63, 3.8) is 0 Å². The fourth-order valence-electron chi connectivity index (χ4n) is 2.45. The van der Waals surface area contributed by atoms with Crippen molar-refractivity contribution in [1.82, 2.24) is 0 Å². The molecule has 0 atom stereocenters. The molecule has 0 saturated heterocycles. The van der Waals surface area contributed by atoms with E-state index in [1.165, 1.54) is 16.7 Å². The maximum absolute atomic E-state index is 3.26. The SMILES string of the molecule is CC(C)C1=[C-]CC=C1.CC(C)C1=[C-]CC=C1.CC(C)C1=[C-]CC=C1.[Nd+3]. The normalized spacial score (nSPS) is 16.9. The molecule has 0 fully saturated rings. The largest absolute Gasteiger partial charge is 3.00 e. The molecule has 3 aliphatic rings. The van der Waals surface area contributed by atoms with Crippen molar-refractivity contribution in [2.24, 2.45) is 17.8 Å². The Morgan fingerprint density at radius 1 is 0.560 bits per heavy atom. The average Bonchev–Trinajstić information content (AvgIpc) is 3.29. The van der Waals surface area contributed by atoms with Crippen LogP contribution in [-0.2, 0) is 0 Å². The van der Waals surface area contributed by atoms with Crippen molar-refractivity contribution in [3.05, 3.63) is 71.4 Å². The van der Waals surface area contributed by atoms with Crippen molar-refractivity contribution < 1.29 is 40.8 Å². The monoisotopic (exact) mass is 463 g/mol. The zero-order chi connectivity index (χ0) is 17.9. The number of allylic oxidation sites excluding steroid dienone is 12. The topological polar surface area (TPSA) is 0 Å². The van der Waals surface area contributed by atoms with Gasteiger partial charge in [0, 0.05) is 0 Å². The molecular weight excluding hydrogens is 433 g/mol. The average molecular weight is 466 g/mol. The molecule has 0 saturated carbocycles. The summed E-state index contributed by atoms with van der Waals surface area (Å²) in [5.41, 5.74) is 4.10. The van der Waals surface area contributed by atoms with E-state index in [2.05, 4.69) is 96.2 Å². The first-order valence-electron chi connectivity index (χ1n) is 9.23. The van der Waals surface area contributed by atoms with Crippen molar-refractivity contribution in [3.8, 4) is 0 Å². The van der Waals surface area contributed by atoms with Gasteiger partial charge in [0.15, 0.2) is 0 Å². The molecule has 0 nitrogen and oxygen atoms in total. The van der Waals surface area contributed by atoms with Gasteiger partial charge in [-0.2, -0.15) is 18.2 Å². The van der Waals surface area contributed by atoms with Gasteiger partial charge < -0.3 is 0 Å². The summed E-state index contributed by atoms with van der Waals surface area (Å²) in [5.74, 6) is 1.98. The summed E-state index contributed by atoms with van der Waals surface area (Å²) in [6.45, 7) is 13.2. The molecular formula is C24H33Nd. The zero-order valence-corrected chi connectivity index (χ0v) is 20.0. The smallest absolute Gasteiger partial charge is 0.269 e. The fraction of sp³-hybridized carbons (Fsp3) is 0.500. The van der Waals surface area contributed by atoms with Crippen molar-refractivity contribution in [2.75, 3.05) is 0 Å². The molecule has 0 N–H and O–H groups in total. The number of hydrogen-bond donors (Lipinski definition) is 0. The van der Waals surface area contributed by atoms with Gasteiger partial charge >= 0.3 is 40.8 Å². The number of hydrogen-bond acceptors (Lipinski definition) is 0. The third-order valence-corrected chi connectivity index (χ3v) is 4.03. The molecule has 3 aliphatic carbocycles. The van der Waals surface area contributed by atoms with E-state index in [0.29, 0.717) is 17.8 Å². The van der Waals surface area contributed by atoms with E-state index in [1.807, 2.05) is 0 Å². The Hall–Kier alpha value is -0.209. The number of rotatable bonds is 3. The first kappa shape index (κ1) is 24.8. The summed E-state index contributed by atoms with van der Waals surface area (Å²) in [4.78, 5) is 0. The van der Waals surface area contributed by atoms with Crippen LogP contribution < -0.4 is 0 Å². The van der Waals surface area contributed by atoms with E-state index in [4.69, 9.17) is 0 Å². The molecule has 3 rings (SSSR count). The van der Waals surface area contributed by atoms with Crippen LogP contribution in [0.4, 0.5) is 0 Å². The quantitative estimate of drug-likeness (QED) is 0.394. The van der Waals surface area contributed by atoms with Crippen LogP contribution in [0.2, 0.25) is 0 Å². The van der Waals surface area contributed by atoms with Crippen LogP contribution in [0.1, 0.15) is 60.8 Å². The second-order valence-corrected chi connectivity index (χ2v) is 7.18. The first-order valence-corrected chi connectivity index (χ1v) is 9.23. The second-order valence-electron chi connectivity index (χ2n) is 7.18. The van der Waals surface area contributed by atoms with Gasteiger partial charge in [-0.25, -0.2) is 34.9 Å². The van der Waals surface area contributed by atoms with Crippen LogP contribution in [0.5, 0.6) is 0 Å². The van der Waals surface area contributed by atoms with E-state index in [-0.39, 0.29) is 40.8 Å². The molecule has 0 aromatic heterocycles. The molecule has 1 heteroatoms. The summed E-state index contributed by atoms with van der Waals surface area (Å²) in [7, 11) is 0. The first-order chi connectivity index (χ1) is 11.4. The van der Waals surface area contributed by atoms with Crippen LogP contribution in [0.3, 0.4) is 0 Å². The van der Waals surface area contributed by atoms with E-state index in [9.17, 15) is 0 Å². The molecule has 0 spiro atoms. The van der Waals surface area contributed by atoms with Crippen LogP contribution in [-0.4, -0.2) is 0 Å². The van der Waals surface area contributed by atoms with E-state index in [0.717, 1.165) is 19.3 Å². The van der Waals surface area contributed by atoms with E-state index in [1.54, 1.807) is 0 Å². The van der Waals surface area contributed by atoms with E-state index < -0.39 is 0 Å². The Labute approximate surface area is 189 Å². The van der Waals surface area contributed by atoms with E-state index >= 15 is 0 Å². The molecule has 0 amide bonds. The van der Waals surface area contributed by atoms with Crippen LogP contribution in [0.25, 0.3) is 0 Å². The minimum absolute atomic E-state index is 0. The van der Waals surface area contributed by atoms with Gasteiger partial charge in [-0.05, 0) is 0 Å². The Morgan fingerprint density at radius 2 is 0.800 bits per heavy atom. The van der Waals surface area contributed by atoms with Gasteiger partial charge in [-0.15, -0.1) is 19.3 Å². The summed E-state index contributed by atoms with van der Waals surface area (Å²) in [6, 6.07) is 0.